The Morgan fingerprint density at radius 1 is 1.44 bits per heavy atom. The normalized spacial score (nSPS) is 19.7. The second kappa shape index (κ2) is 6.12. The molecular formula is C16H15F2N5O2. The van der Waals surface area contributed by atoms with Gasteiger partial charge in [-0.05, 0) is 18.6 Å². The van der Waals surface area contributed by atoms with Gasteiger partial charge in [-0.1, -0.05) is 5.16 Å². The van der Waals surface area contributed by atoms with Crippen LogP contribution in [0.25, 0.3) is 0 Å². The lowest BCUT2D eigenvalue weighted by molar-refractivity contribution is -0.120. The quantitative estimate of drug-likeness (QED) is 0.909. The Labute approximate surface area is 142 Å². The predicted octanol–water partition coefficient (Wildman–Crippen LogP) is 1.77. The number of halogens is 2. The Hall–Kier alpha value is -3.02. The van der Waals surface area contributed by atoms with E-state index in [1.807, 2.05) is 0 Å². The third-order valence-corrected chi connectivity index (χ3v) is 4.10. The summed E-state index contributed by atoms with van der Waals surface area (Å²) in [4.78, 5) is 17.3. The summed E-state index contributed by atoms with van der Waals surface area (Å²) in [6.45, 7) is 3.31. The Balaban J connectivity index is 1.98. The van der Waals surface area contributed by atoms with Crippen molar-refractivity contribution in [1.29, 1.82) is 5.26 Å². The maximum absolute atomic E-state index is 14.3. The molecule has 2 heterocycles. The van der Waals surface area contributed by atoms with E-state index in [9.17, 15) is 13.6 Å². The van der Waals surface area contributed by atoms with Gasteiger partial charge in [0.25, 0.3) is 0 Å². The van der Waals surface area contributed by atoms with Gasteiger partial charge in [0.2, 0.25) is 11.8 Å². The highest BCUT2D eigenvalue weighted by atomic mass is 19.1. The lowest BCUT2D eigenvalue weighted by atomic mass is 9.97. The molecule has 1 atom stereocenters. The van der Waals surface area contributed by atoms with Crippen molar-refractivity contribution in [2.45, 2.75) is 25.8 Å². The summed E-state index contributed by atoms with van der Waals surface area (Å²) < 4.78 is 33.6. The van der Waals surface area contributed by atoms with Crippen LogP contribution in [0, 0.1) is 29.9 Å². The summed E-state index contributed by atoms with van der Waals surface area (Å²) in [6, 6.07) is 3.67. The van der Waals surface area contributed by atoms with Crippen LogP contribution in [0.3, 0.4) is 0 Å². The van der Waals surface area contributed by atoms with E-state index in [0.717, 1.165) is 12.1 Å². The molecule has 2 aromatic rings. The maximum atomic E-state index is 14.3. The molecule has 25 heavy (non-hydrogen) atoms. The number of nitrogens with one attached hydrogen (secondary N) is 1. The molecule has 1 aliphatic heterocycles. The molecule has 130 valence electrons. The zero-order valence-electron chi connectivity index (χ0n) is 13.6. The summed E-state index contributed by atoms with van der Waals surface area (Å²) in [7, 11) is 0. The second-order valence-corrected chi connectivity index (χ2v) is 5.97. The molecule has 0 radical (unpaired) electrons. The fraction of sp³-hybridized carbons (Fsp3) is 0.375. The van der Waals surface area contributed by atoms with Crippen molar-refractivity contribution in [2.24, 2.45) is 0 Å². The predicted molar refractivity (Wildman–Crippen MR) is 82.4 cm³/mol. The topological polar surface area (TPSA) is 95.1 Å². The minimum Gasteiger partial charge on any atom is -0.364 e. The Morgan fingerprint density at radius 3 is 2.64 bits per heavy atom. The van der Waals surface area contributed by atoms with Gasteiger partial charge in [-0.15, -0.1) is 0 Å². The van der Waals surface area contributed by atoms with Crippen LogP contribution in [-0.4, -0.2) is 29.1 Å². The van der Waals surface area contributed by atoms with Gasteiger partial charge in [-0.3, -0.25) is 4.79 Å². The monoisotopic (exact) mass is 347 g/mol. The number of amides is 1. The summed E-state index contributed by atoms with van der Waals surface area (Å²) >= 11 is 0. The van der Waals surface area contributed by atoms with E-state index < -0.39 is 17.2 Å². The SMILES string of the molecule is CC(=O)N[C@]1(c2noc(C)n2)CCN(c2c(F)cc(C#N)cc2F)C1. The van der Waals surface area contributed by atoms with E-state index in [-0.39, 0.29) is 36.1 Å². The first kappa shape index (κ1) is 16.8. The number of hydrogen-bond acceptors (Lipinski definition) is 6. The molecule has 0 unspecified atom stereocenters. The first-order valence-corrected chi connectivity index (χ1v) is 7.58. The van der Waals surface area contributed by atoms with Crippen molar-refractivity contribution < 1.29 is 18.1 Å². The number of nitriles is 1. The highest BCUT2D eigenvalue weighted by molar-refractivity contribution is 5.74. The number of benzene rings is 1. The fourth-order valence-corrected chi connectivity index (χ4v) is 3.10. The van der Waals surface area contributed by atoms with Crippen LogP contribution < -0.4 is 10.2 Å². The minimum absolute atomic E-state index is 0.0747. The lowest BCUT2D eigenvalue weighted by Crippen LogP contribution is -2.48. The highest BCUT2D eigenvalue weighted by Gasteiger charge is 2.45. The van der Waals surface area contributed by atoms with Gasteiger partial charge in [0.05, 0.1) is 11.6 Å². The van der Waals surface area contributed by atoms with E-state index in [2.05, 4.69) is 15.5 Å². The summed E-state index contributed by atoms with van der Waals surface area (Å²) in [5.74, 6) is -1.39. The maximum Gasteiger partial charge on any atom is 0.223 e. The highest BCUT2D eigenvalue weighted by Crippen LogP contribution is 2.36. The van der Waals surface area contributed by atoms with Crippen LogP contribution in [-0.2, 0) is 10.3 Å². The van der Waals surface area contributed by atoms with Crippen molar-refractivity contribution in [2.75, 3.05) is 18.0 Å². The molecule has 1 aliphatic rings. The minimum atomic E-state index is -1.00. The van der Waals surface area contributed by atoms with Crippen molar-refractivity contribution in [1.82, 2.24) is 15.5 Å². The van der Waals surface area contributed by atoms with Crippen LogP contribution >= 0.6 is 0 Å². The van der Waals surface area contributed by atoms with Gasteiger partial charge in [0.15, 0.2) is 17.5 Å². The summed E-state index contributed by atoms with van der Waals surface area (Å²) in [6.07, 6.45) is 0.352. The molecule has 3 rings (SSSR count). The first-order chi connectivity index (χ1) is 11.8. The van der Waals surface area contributed by atoms with E-state index in [0.29, 0.717) is 12.3 Å². The Morgan fingerprint density at radius 2 is 2.12 bits per heavy atom. The van der Waals surface area contributed by atoms with Crippen LogP contribution in [0.2, 0.25) is 0 Å². The average Bonchev–Trinajstić information content (AvgIpc) is 3.14. The van der Waals surface area contributed by atoms with Gasteiger partial charge < -0.3 is 14.7 Å². The Kier molecular flexibility index (Phi) is 4.12. The van der Waals surface area contributed by atoms with Crippen molar-refractivity contribution in [3.8, 4) is 6.07 Å². The third kappa shape index (κ3) is 3.03. The van der Waals surface area contributed by atoms with E-state index >= 15 is 0 Å². The van der Waals surface area contributed by atoms with Gasteiger partial charge in [0, 0.05) is 26.9 Å². The van der Waals surface area contributed by atoms with Gasteiger partial charge in [0.1, 0.15) is 11.2 Å². The molecule has 1 N–H and O–H groups in total. The van der Waals surface area contributed by atoms with Crippen LogP contribution in [0.4, 0.5) is 14.5 Å². The van der Waals surface area contributed by atoms with Crippen LogP contribution in [0.5, 0.6) is 0 Å². The van der Waals surface area contributed by atoms with Gasteiger partial charge in [-0.2, -0.15) is 10.2 Å². The zero-order chi connectivity index (χ0) is 18.2. The molecule has 1 amide bonds. The second-order valence-electron chi connectivity index (χ2n) is 5.97. The Bertz CT molecular complexity index is 853. The van der Waals surface area contributed by atoms with Crippen molar-refractivity contribution in [3.05, 3.63) is 41.0 Å². The number of carbonyl (C=O) groups is 1. The molecule has 1 fully saturated rings. The molecule has 0 bridgehead atoms. The van der Waals surface area contributed by atoms with Crippen molar-refractivity contribution >= 4 is 11.6 Å². The number of nitrogens with zero attached hydrogens (tertiary/aromatic N) is 4. The molecule has 1 aromatic carbocycles. The molecular weight excluding hydrogens is 332 g/mol. The smallest absolute Gasteiger partial charge is 0.223 e. The van der Waals surface area contributed by atoms with Gasteiger partial charge in [-0.25, -0.2) is 8.78 Å². The van der Waals surface area contributed by atoms with E-state index in [4.69, 9.17) is 9.78 Å². The number of aromatic nitrogens is 2. The van der Waals surface area contributed by atoms with E-state index in [1.165, 1.54) is 11.8 Å². The molecule has 0 saturated carbocycles. The fourth-order valence-electron chi connectivity index (χ4n) is 3.10. The number of carbonyl (C=O) groups excluding carboxylic acids is 1. The number of aryl methyl sites for hydroxylation is 1. The van der Waals surface area contributed by atoms with Crippen LogP contribution in [0.15, 0.2) is 16.7 Å². The largest absolute Gasteiger partial charge is 0.364 e. The average molecular weight is 347 g/mol. The first-order valence-electron chi connectivity index (χ1n) is 7.58. The molecule has 0 spiro atoms. The molecule has 9 heteroatoms. The van der Waals surface area contributed by atoms with Gasteiger partial charge >= 0.3 is 0 Å². The molecule has 0 aliphatic carbocycles. The summed E-state index contributed by atoms with van der Waals surface area (Å²) in [5.41, 5.74) is -1.34. The molecule has 1 saturated heterocycles. The zero-order valence-corrected chi connectivity index (χ0v) is 13.6. The summed E-state index contributed by atoms with van der Waals surface area (Å²) in [5, 5.41) is 15.5. The number of rotatable bonds is 3. The molecule has 7 nitrogen and oxygen atoms in total. The number of hydrogen-bond donors (Lipinski definition) is 1. The van der Waals surface area contributed by atoms with E-state index in [1.54, 1.807) is 13.0 Å². The number of anilines is 1. The van der Waals surface area contributed by atoms with Crippen molar-refractivity contribution in [3.63, 3.8) is 0 Å². The standard InChI is InChI=1S/C16H15F2N5O2/c1-9(24)21-16(15-20-10(2)25-22-15)3-4-23(8-16)14-12(17)5-11(7-19)6-13(14)18/h5-6H,3-4,8H2,1-2H3,(H,21,24)/t16-/m1/s1. The van der Waals surface area contributed by atoms with Crippen LogP contribution in [0.1, 0.15) is 30.6 Å². The molecule has 1 aromatic heterocycles. The lowest BCUT2D eigenvalue weighted by Gasteiger charge is -2.27. The third-order valence-electron chi connectivity index (χ3n) is 4.10.